The van der Waals surface area contributed by atoms with Crippen LogP contribution in [0.25, 0.3) is 0 Å². The van der Waals surface area contributed by atoms with Crippen LogP contribution in [-0.2, 0) is 4.74 Å². The van der Waals surface area contributed by atoms with Crippen LogP contribution < -0.4 is 0 Å². The first-order valence-corrected chi connectivity index (χ1v) is 4.74. The molecule has 1 heterocycles. The van der Waals surface area contributed by atoms with Gasteiger partial charge in [-0.1, -0.05) is 0 Å². The smallest absolute Gasteiger partial charge is 0.0659 e. The third kappa shape index (κ3) is 1.97. The summed E-state index contributed by atoms with van der Waals surface area (Å²) >= 11 is 0. The number of rotatable bonds is 2. The quantitative estimate of drug-likeness (QED) is 0.577. The molecule has 0 aromatic rings. The average Bonchev–Trinajstić information content (AvgIpc) is 2.88. The Morgan fingerprint density at radius 2 is 2.00 bits per heavy atom. The maximum atomic E-state index is 5.25. The number of ether oxygens (including phenoxy) is 1. The second-order valence-electron chi connectivity index (χ2n) is 3.58. The molecule has 0 amide bonds. The van der Waals surface area contributed by atoms with E-state index < -0.39 is 0 Å². The zero-order valence-electron chi connectivity index (χ0n) is 7.62. The van der Waals surface area contributed by atoms with Crippen LogP contribution in [0.5, 0.6) is 0 Å². The van der Waals surface area contributed by atoms with E-state index >= 15 is 0 Å². The highest BCUT2D eigenvalue weighted by molar-refractivity contribution is 5.86. The zero-order valence-corrected chi connectivity index (χ0v) is 7.62. The molecule has 2 aliphatic rings. The molecule has 12 heavy (non-hydrogen) atoms. The van der Waals surface area contributed by atoms with Crippen molar-refractivity contribution < 1.29 is 4.74 Å². The highest BCUT2D eigenvalue weighted by Crippen LogP contribution is 2.30. The van der Waals surface area contributed by atoms with Gasteiger partial charge in [-0.25, -0.2) is 0 Å². The molecule has 0 spiro atoms. The second kappa shape index (κ2) is 3.44. The molecule has 3 heteroatoms. The van der Waals surface area contributed by atoms with E-state index in [4.69, 9.17) is 4.74 Å². The minimum atomic E-state index is 0.799. The summed E-state index contributed by atoms with van der Waals surface area (Å²) in [6, 6.07) is 0. The van der Waals surface area contributed by atoms with Crippen molar-refractivity contribution in [3.8, 4) is 0 Å². The van der Waals surface area contributed by atoms with E-state index in [0.29, 0.717) is 0 Å². The van der Waals surface area contributed by atoms with Crippen LogP contribution in [0.4, 0.5) is 0 Å². The molecule has 1 aliphatic heterocycles. The summed E-state index contributed by atoms with van der Waals surface area (Å²) in [5.41, 5.74) is 1.32. The fraction of sp³-hybridized carbons (Fsp3) is 0.889. The van der Waals surface area contributed by atoms with Gasteiger partial charge >= 0.3 is 0 Å². The molecule has 0 N–H and O–H groups in total. The summed E-state index contributed by atoms with van der Waals surface area (Å²) in [6.07, 6.45) is 2.69. The van der Waals surface area contributed by atoms with Crippen molar-refractivity contribution in [3.63, 3.8) is 0 Å². The first-order valence-electron chi connectivity index (χ1n) is 4.74. The highest BCUT2D eigenvalue weighted by atomic mass is 16.5. The number of hydrogen-bond donors (Lipinski definition) is 0. The molecular formula is C9H16N2O. The van der Waals surface area contributed by atoms with Crippen molar-refractivity contribution in [1.29, 1.82) is 0 Å². The van der Waals surface area contributed by atoms with E-state index in [1.807, 2.05) is 0 Å². The summed E-state index contributed by atoms with van der Waals surface area (Å²) < 4.78 is 5.25. The molecule has 3 nitrogen and oxygen atoms in total. The Morgan fingerprint density at radius 3 is 2.58 bits per heavy atom. The standard InChI is InChI=1S/C9H16N2O/c1-8(9-2-3-9)10-11-4-6-12-7-5-11/h9H,2-7H2,1H3/b10-8-. The summed E-state index contributed by atoms with van der Waals surface area (Å²) in [6.45, 7) is 5.74. The Morgan fingerprint density at radius 1 is 1.33 bits per heavy atom. The highest BCUT2D eigenvalue weighted by Gasteiger charge is 2.25. The molecule has 68 valence electrons. The Kier molecular flexibility index (Phi) is 2.30. The van der Waals surface area contributed by atoms with Gasteiger partial charge in [-0.05, 0) is 25.7 Å². The molecule has 1 saturated heterocycles. The van der Waals surface area contributed by atoms with Gasteiger partial charge in [-0.2, -0.15) is 5.10 Å². The lowest BCUT2D eigenvalue weighted by atomic mass is 10.3. The first-order chi connectivity index (χ1) is 5.86. The predicted molar refractivity (Wildman–Crippen MR) is 48.2 cm³/mol. The Labute approximate surface area is 73.4 Å². The summed E-state index contributed by atoms with van der Waals surface area (Å²) in [5, 5.41) is 6.70. The molecule has 1 saturated carbocycles. The molecule has 2 rings (SSSR count). The molecule has 0 aromatic heterocycles. The van der Waals surface area contributed by atoms with Gasteiger partial charge in [0.15, 0.2) is 0 Å². The van der Waals surface area contributed by atoms with Crippen molar-refractivity contribution in [1.82, 2.24) is 5.01 Å². The number of hydrogen-bond acceptors (Lipinski definition) is 3. The van der Waals surface area contributed by atoms with E-state index in [-0.39, 0.29) is 0 Å². The van der Waals surface area contributed by atoms with E-state index in [1.165, 1.54) is 18.6 Å². The zero-order chi connectivity index (χ0) is 8.39. The van der Waals surface area contributed by atoms with Crippen molar-refractivity contribution in [2.45, 2.75) is 19.8 Å². The van der Waals surface area contributed by atoms with Gasteiger partial charge in [-0.3, -0.25) is 5.01 Å². The van der Waals surface area contributed by atoms with Crippen LogP contribution in [0, 0.1) is 5.92 Å². The van der Waals surface area contributed by atoms with Crippen LogP contribution in [0.2, 0.25) is 0 Å². The van der Waals surface area contributed by atoms with Crippen molar-refractivity contribution in [2.24, 2.45) is 11.0 Å². The Bertz CT molecular complexity index is 181. The molecule has 0 atom stereocenters. The SMILES string of the molecule is C/C(=N/N1CCOCC1)C1CC1. The molecule has 0 radical (unpaired) electrons. The number of morpholine rings is 1. The van der Waals surface area contributed by atoms with Crippen LogP contribution in [0.3, 0.4) is 0 Å². The van der Waals surface area contributed by atoms with Crippen LogP contribution in [0.15, 0.2) is 5.10 Å². The van der Waals surface area contributed by atoms with Crippen molar-refractivity contribution in [2.75, 3.05) is 26.3 Å². The summed E-state index contributed by atoms with van der Waals surface area (Å²) in [5.74, 6) is 0.799. The topological polar surface area (TPSA) is 24.8 Å². The van der Waals surface area contributed by atoms with Gasteiger partial charge in [0.25, 0.3) is 0 Å². The molecule has 0 aromatic carbocycles. The molecular weight excluding hydrogens is 152 g/mol. The Balaban J connectivity index is 1.85. The van der Waals surface area contributed by atoms with Gasteiger partial charge in [0.05, 0.1) is 26.3 Å². The second-order valence-corrected chi connectivity index (χ2v) is 3.58. The predicted octanol–water partition coefficient (Wildman–Crippen LogP) is 1.10. The van der Waals surface area contributed by atoms with E-state index in [1.54, 1.807) is 0 Å². The van der Waals surface area contributed by atoms with Gasteiger partial charge in [0.1, 0.15) is 0 Å². The molecule has 2 fully saturated rings. The monoisotopic (exact) mass is 168 g/mol. The Hall–Kier alpha value is -0.570. The number of hydrazone groups is 1. The van der Waals surface area contributed by atoms with Crippen LogP contribution >= 0.6 is 0 Å². The summed E-state index contributed by atoms with van der Waals surface area (Å²) in [7, 11) is 0. The fourth-order valence-corrected chi connectivity index (χ4v) is 1.46. The number of nitrogens with zero attached hydrogens (tertiary/aromatic N) is 2. The van der Waals surface area contributed by atoms with Gasteiger partial charge in [0.2, 0.25) is 0 Å². The first kappa shape index (κ1) is 8.05. The van der Waals surface area contributed by atoms with Crippen LogP contribution in [0.1, 0.15) is 19.8 Å². The lowest BCUT2D eigenvalue weighted by Gasteiger charge is -2.24. The minimum absolute atomic E-state index is 0.799. The maximum absolute atomic E-state index is 5.25. The molecule has 1 aliphatic carbocycles. The fourth-order valence-electron chi connectivity index (χ4n) is 1.46. The lowest BCUT2D eigenvalue weighted by molar-refractivity contribution is 0.0391. The molecule has 0 bridgehead atoms. The third-order valence-corrected chi connectivity index (χ3v) is 2.45. The average molecular weight is 168 g/mol. The van der Waals surface area contributed by atoms with Gasteiger partial charge < -0.3 is 4.74 Å². The maximum Gasteiger partial charge on any atom is 0.0659 e. The van der Waals surface area contributed by atoms with Crippen molar-refractivity contribution >= 4 is 5.71 Å². The van der Waals surface area contributed by atoms with Gasteiger partial charge in [-0.15, -0.1) is 0 Å². The minimum Gasteiger partial charge on any atom is -0.378 e. The largest absolute Gasteiger partial charge is 0.378 e. The van der Waals surface area contributed by atoms with Crippen LogP contribution in [-0.4, -0.2) is 37.0 Å². The lowest BCUT2D eigenvalue weighted by Crippen LogP contribution is -2.33. The normalized spacial score (nSPS) is 26.1. The van der Waals surface area contributed by atoms with Gasteiger partial charge in [0, 0.05) is 5.71 Å². The van der Waals surface area contributed by atoms with Crippen molar-refractivity contribution in [3.05, 3.63) is 0 Å². The molecule has 0 unspecified atom stereocenters. The van der Waals surface area contributed by atoms with E-state index in [9.17, 15) is 0 Å². The van der Waals surface area contributed by atoms with E-state index in [0.717, 1.165) is 32.2 Å². The third-order valence-electron chi connectivity index (χ3n) is 2.45. The van der Waals surface area contributed by atoms with E-state index in [2.05, 4.69) is 17.0 Å². The summed E-state index contributed by atoms with van der Waals surface area (Å²) in [4.78, 5) is 0.